The van der Waals surface area contributed by atoms with Gasteiger partial charge in [0, 0.05) is 12.6 Å². The van der Waals surface area contributed by atoms with Crippen molar-refractivity contribution < 1.29 is 0 Å². The molecule has 0 spiro atoms. The number of aromatic nitrogens is 3. The van der Waals surface area contributed by atoms with Gasteiger partial charge in [-0.05, 0) is 18.6 Å². The van der Waals surface area contributed by atoms with Crippen LogP contribution in [0.25, 0.3) is 10.6 Å². The molecule has 0 radical (unpaired) electrons. The van der Waals surface area contributed by atoms with Crippen LogP contribution in [0.3, 0.4) is 0 Å². The monoisotopic (exact) mass is 267 g/mol. The molecule has 4 heteroatoms. The average Bonchev–Trinajstić information content (AvgIpc) is 2.86. The van der Waals surface area contributed by atoms with Gasteiger partial charge in [-0.1, -0.05) is 30.3 Å². The van der Waals surface area contributed by atoms with E-state index in [1.54, 1.807) is 11.3 Å². The molecule has 19 heavy (non-hydrogen) atoms. The largest absolute Gasteiger partial charge is 0.249 e. The van der Waals surface area contributed by atoms with Crippen molar-refractivity contribution in [2.75, 3.05) is 0 Å². The van der Waals surface area contributed by atoms with Crippen molar-refractivity contribution in [1.29, 1.82) is 0 Å². The first-order valence-electron chi connectivity index (χ1n) is 6.09. The lowest BCUT2D eigenvalue weighted by Crippen LogP contribution is -1.97. The molecule has 94 valence electrons. The van der Waals surface area contributed by atoms with E-state index in [1.165, 1.54) is 5.56 Å². The summed E-state index contributed by atoms with van der Waals surface area (Å²) in [6, 6.07) is 12.2. The molecule has 0 fully saturated rings. The van der Waals surface area contributed by atoms with Gasteiger partial charge in [-0.3, -0.25) is 0 Å². The Kier molecular flexibility index (Phi) is 3.33. The highest BCUT2D eigenvalue weighted by Gasteiger charge is 2.07. The van der Waals surface area contributed by atoms with E-state index in [0.29, 0.717) is 0 Å². The fraction of sp³-hybridized carbons (Fsp3) is 0.133. The lowest BCUT2D eigenvalue weighted by molar-refractivity contribution is 0.972. The summed E-state index contributed by atoms with van der Waals surface area (Å²) in [6.07, 6.45) is 2.58. The minimum Gasteiger partial charge on any atom is -0.249 e. The summed E-state index contributed by atoms with van der Waals surface area (Å²) in [6.45, 7) is 2.00. The zero-order valence-corrected chi connectivity index (χ0v) is 11.4. The average molecular weight is 267 g/mol. The van der Waals surface area contributed by atoms with Crippen molar-refractivity contribution >= 4 is 11.3 Å². The van der Waals surface area contributed by atoms with Crippen molar-refractivity contribution in [3.8, 4) is 10.6 Å². The van der Waals surface area contributed by atoms with Gasteiger partial charge in [0.1, 0.15) is 5.82 Å². The molecule has 2 aromatic heterocycles. The molecule has 0 aliphatic rings. The highest BCUT2D eigenvalue weighted by Crippen LogP contribution is 2.25. The van der Waals surface area contributed by atoms with Gasteiger partial charge in [0.25, 0.3) is 0 Å². The zero-order chi connectivity index (χ0) is 13.1. The fourth-order valence-corrected chi connectivity index (χ4v) is 2.71. The minimum absolute atomic E-state index is 0.756. The third-order valence-corrected chi connectivity index (χ3v) is 3.84. The van der Waals surface area contributed by atoms with Crippen molar-refractivity contribution in [2.45, 2.75) is 13.3 Å². The summed E-state index contributed by atoms with van der Waals surface area (Å²) in [5.74, 6) is 0.844. The molecule has 0 amide bonds. The third kappa shape index (κ3) is 2.69. The number of hydrogen-bond donors (Lipinski definition) is 0. The van der Waals surface area contributed by atoms with E-state index < -0.39 is 0 Å². The maximum absolute atomic E-state index is 4.63. The van der Waals surface area contributed by atoms with Gasteiger partial charge in [-0.25, -0.2) is 15.0 Å². The van der Waals surface area contributed by atoms with Crippen LogP contribution in [0.15, 0.2) is 48.1 Å². The van der Waals surface area contributed by atoms with E-state index in [2.05, 4.69) is 27.1 Å². The first-order valence-corrected chi connectivity index (χ1v) is 6.97. The van der Waals surface area contributed by atoms with Crippen LogP contribution in [0, 0.1) is 6.92 Å². The van der Waals surface area contributed by atoms with Crippen LogP contribution in [-0.2, 0) is 6.42 Å². The SMILES string of the molecule is Cc1ncsc1-c1ccnc(Cc2ccccc2)n1. The van der Waals surface area contributed by atoms with Gasteiger partial charge < -0.3 is 0 Å². The molecule has 0 saturated heterocycles. The van der Waals surface area contributed by atoms with Crippen LogP contribution in [0.2, 0.25) is 0 Å². The highest BCUT2D eigenvalue weighted by atomic mass is 32.1. The van der Waals surface area contributed by atoms with Crippen molar-refractivity contribution in [3.63, 3.8) is 0 Å². The molecular weight excluding hydrogens is 254 g/mol. The Bertz CT molecular complexity index is 677. The molecule has 3 aromatic rings. The summed E-state index contributed by atoms with van der Waals surface area (Å²) in [5, 5.41) is 0. The van der Waals surface area contributed by atoms with Crippen LogP contribution in [0.5, 0.6) is 0 Å². The number of nitrogens with zero attached hydrogens (tertiary/aromatic N) is 3. The van der Waals surface area contributed by atoms with Crippen molar-refractivity contribution in [2.24, 2.45) is 0 Å². The van der Waals surface area contributed by atoms with E-state index in [4.69, 9.17) is 0 Å². The third-order valence-electron chi connectivity index (χ3n) is 2.89. The number of benzene rings is 1. The second kappa shape index (κ2) is 5.28. The molecule has 2 heterocycles. The summed E-state index contributed by atoms with van der Waals surface area (Å²) in [7, 11) is 0. The molecule has 1 aromatic carbocycles. The Morgan fingerprint density at radius 3 is 2.63 bits per heavy atom. The van der Waals surface area contributed by atoms with Crippen LogP contribution in [0.1, 0.15) is 17.1 Å². The molecule has 3 nitrogen and oxygen atoms in total. The predicted octanol–water partition coefficient (Wildman–Crippen LogP) is 3.50. The molecule has 3 rings (SSSR count). The first kappa shape index (κ1) is 12.0. The molecule has 0 unspecified atom stereocenters. The smallest absolute Gasteiger partial charge is 0.133 e. The fourth-order valence-electron chi connectivity index (χ4n) is 1.94. The Labute approximate surface area is 116 Å². The molecule has 0 saturated carbocycles. The standard InChI is InChI=1S/C15H13N3S/c1-11-15(19-10-17-11)13-7-8-16-14(18-13)9-12-5-3-2-4-6-12/h2-8,10H,9H2,1H3. The second-order valence-electron chi connectivity index (χ2n) is 4.29. The van der Waals surface area contributed by atoms with E-state index in [-0.39, 0.29) is 0 Å². The van der Waals surface area contributed by atoms with Gasteiger partial charge in [-0.15, -0.1) is 11.3 Å². The van der Waals surface area contributed by atoms with Gasteiger partial charge >= 0.3 is 0 Å². The lowest BCUT2D eigenvalue weighted by Gasteiger charge is -2.03. The van der Waals surface area contributed by atoms with Crippen LogP contribution in [0.4, 0.5) is 0 Å². The van der Waals surface area contributed by atoms with E-state index in [1.807, 2.05) is 42.9 Å². The predicted molar refractivity (Wildman–Crippen MR) is 77.1 cm³/mol. The van der Waals surface area contributed by atoms with Gasteiger partial charge in [0.05, 0.1) is 21.8 Å². The highest BCUT2D eigenvalue weighted by molar-refractivity contribution is 7.13. The lowest BCUT2D eigenvalue weighted by atomic mass is 10.1. The maximum Gasteiger partial charge on any atom is 0.133 e. The van der Waals surface area contributed by atoms with Crippen LogP contribution in [-0.4, -0.2) is 15.0 Å². The molecule has 0 aliphatic carbocycles. The van der Waals surface area contributed by atoms with Crippen molar-refractivity contribution in [3.05, 3.63) is 65.2 Å². The zero-order valence-electron chi connectivity index (χ0n) is 10.6. The van der Waals surface area contributed by atoms with Crippen LogP contribution >= 0.6 is 11.3 Å². The van der Waals surface area contributed by atoms with E-state index >= 15 is 0 Å². The first-order chi connectivity index (χ1) is 9.33. The molecule has 0 aliphatic heterocycles. The molecule has 0 N–H and O–H groups in total. The van der Waals surface area contributed by atoms with E-state index in [9.17, 15) is 0 Å². The Morgan fingerprint density at radius 1 is 1.05 bits per heavy atom. The Balaban J connectivity index is 1.91. The minimum atomic E-state index is 0.756. The summed E-state index contributed by atoms with van der Waals surface area (Å²) < 4.78 is 0. The maximum atomic E-state index is 4.63. The second-order valence-corrected chi connectivity index (χ2v) is 5.14. The molecule has 0 atom stereocenters. The summed E-state index contributed by atoms with van der Waals surface area (Å²) in [5.41, 5.74) is 5.06. The van der Waals surface area contributed by atoms with Crippen molar-refractivity contribution in [1.82, 2.24) is 15.0 Å². The topological polar surface area (TPSA) is 38.7 Å². The Hall–Kier alpha value is -2.07. The van der Waals surface area contributed by atoms with E-state index in [0.717, 1.165) is 28.5 Å². The van der Waals surface area contributed by atoms with Gasteiger partial charge in [0.15, 0.2) is 0 Å². The van der Waals surface area contributed by atoms with Gasteiger partial charge in [0.2, 0.25) is 0 Å². The number of rotatable bonds is 3. The number of hydrogen-bond acceptors (Lipinski definition) is 4. The quantitative estimate of drug-likeness (QED) is 0.729. The van der Waals surface area contributed by atoms with Gasteiger partial charge in [-0.2, -0.15) is 0 Å². The molecule has 0 bridgehead atoms. The summed E-state index contributed by atoms with van der Waals surface area (Å²) in [4.78, 5) is 14.4. The molecular formula is C15H13N3S. The number of thiazole rings is 1. The summed E-state index contributed by atoms with van der Waals surface area (Å²) >= 11 is 1.62. The van der Waals surface area contributed by atoms with Crippen LogP contribution < -0.4 is 0 Å². The normalized spacial score (nSPS) is 10.6. The number of aryl methyl sites for hydroxylation is 1. The Morgan fingerprint density at radius 2 is 1.89 bits per heavy atom.